The molecule has 8 heteroatoms. The van der Waals surface area contributed by atoms with Gasteiger partial charge in [0.1, 0.15) is 17.3 Å². The van der Waals surface area contributed by atoms with Crippen molar-refractivity contribution in [3.8, 4) is 5.69 Å². The smallest absolute Gasteiger partial charge is 0.255 e. The number of nitrogens with zero attached hydrogens (tertiary/aromatic N) is 4. The molecule has 0 aliphatic carbocycles. The SMILES string of the molecule is CN(C)c1ncccc1C(=O)NCc1cnn(-c2ccc(F)cc2F)c1. The number of halogens is 2. The van der Waals surface area contributed by atoms with Crippen LogP contribution in [0.15, 0.2) is 48.9 Å². The third kappa shape index (κ3) is 3.69. The van der Waals surface area contributed by atoms with Crippen LogP contribution in [0.3, 0.4) is 0 Å². The van der Waals surface area contributed by atoms with Crippen molar-refractivity contribution in [2.75, 3.05) is 19.0 Å². The molecule has 0 bridgehead atoms. The predicted octanol–water partition coefficient (Wildman–Crippen LogP) is 2.54. The fraction of sp³-hybridized carbons (Fsp3) is 0.167. The summed E-state index contributed by atoms with van der Waals surface area (Å²) in [6, 6.07) is 6.64. The van der Waals surface area contributed by atoms with E-state index in [2.05, 4.69) is 15.4 Å². The van der Waals surface area contributed by atoms with Crippen molar-refractivity contribution >= 4 is 11.7 Å². The van der Waals surface area contributed by atoms with Crippen molar-refractivity contribution in [2.45, 2.75) is 6.54 Å². The summed E-state index contributed by atoms with van der Waals surface area (Å²) in [4.78, 5) is 18.4. The first-order valence-electron chi connectivity index (χ1n) is 7.85. The van der Waals surface area contributed by atoms with Crippen molar-refractivity contribution in [1.82, 2.24) is 20.1 Å². The molecule has 0 aliphatic rings. The van der Waals surface area contributed by atoms with E-state index in [0.29, 0.717) is 16.9 Å². The van der Waals surface area contributed by atoms with E-state index in [0.717, 1.165) is 12.1 Å². The molecule has 0 atom stereocenters. The molecule has 0 fully saturated rings. The average Bonchev–Trinajstić information content (AvgIpc) is 3.08. The monoisotopic (exact) mass is 357 g/mol. The highest BCUT2D eigenvalue weighted by Crippen LogP contribution is 2.16. The van der Waals surface area contributed by atoms with Crippen molar-refractivity contribution in [1.29, 1.82) is 0 Å². The van der Waals surface area contributed by atoms with Crippen LogP contribution in [0.2, 0.25) is 0 Å². The van der Waals surface area contributed by atoms with Crippen molar-refractivity contribution in [2.24, 2.45) is 0 Å². The van der Waals surface area contributed by atoms with Gasteiger partial charge in [0, 0.05) is 44.7 Å². The summed E-state index contributed by atoms with van der Waals surface area (Å²) in [5, 5.41) is 6.84. The van der Waals surface area contributed by atoms with Gasteiger partial charge in [-0.2, -0.15) is 5.10 Å². The zero-order chi connectivity index (χ0) is 18.7. The van der Waals surface area contributed by atoms with Crippen molar-refractivity contribution in [3.05, 3.63) is 71.7 Å². The van der Waals surface area contributed by atoms with Crippen LogP contribution in [0.25, 0.3) is 5.69 Å². The number of amides is 1. The van der Waals surface area contributed by atoms with E-state index in [1.165, 1.54) is 16.9 Å². The van der Waals surface area contributed by atoms with E-state index in [1.54, 1.807) is 43.5 Å². The molecule has 0 unspecified atom stereocenters. The lowest BCUT2D eigenvalue weighted by molar-refractivity contribution is 0.0951. The standard InChI is InChI=1S/C18H17F2N5O/c1-24(2)17-14(4-3-7-21-17)18(26)22-9-12-10-23-25(11-12)16-6-5-13(19)8-15(16)20/h3-8,10-11H,9H2,1-2H3,(H,22,26). The maximum Gasteiger partial charge on any atom is 0.255 e. The van der Waals surface area contributed by atoms with Crippen LogP contribution < -0.4 is 10.2 Å². The lowest BCUT2D eigenvalue weighted by atomic mass is 10.2. The van der Waals surface area contributed by atoms with Gasteiger partial charge in [0.15, 0.2) is 5.82 Å². The Morgan fingerprint density at radius 3 is 2.81 bits per heavy atom. The molecule has 0 spiro atoms. The first kappa shape index (κ1) is 17.5. The van der Waals surface area contributed by atoms with E-state index in [-0.39, 0.29) is 18.1 Å². The number of benzene rings is 1. The molecule has 1 amide bonds. The predicted molar refractivity (Wildman–Crippen MR) is 93.2 cm³/mol. The Kier molecular flexibility index (Phi) is 4.92. The highest BCUT2D eigenvalue weighted by atomic mass is 19.1. The second kappa shape index (κ2) is 7.30. The zero-order valence-electron chi connectivity index (χ0n) is 14.3. The van der Waals surface area contributed by atoms with E-state index >= 15 is 0 Å². The molecule has 2 aromatic heterocycles. The summed E-state index contributed by atoms with van der Waals surface area (Å²) in [5.74, 6) is -1.08. The average molecular weight is 357 g/mol. The summed E-state index contributed by atoms with van der Waals surface area (Å²) in [6.07, 6.45) is 4.71. The Morgan fingerprint density at radius 2 is 2.08 bits per heavy atom. The number of hydrogen-bond donors (Lipinski definition) is 1. The highest BCUT2D eigenvalue weighted by molar-refractivity contribution is 5.98. The molecule has 3 aromatic rings. The van der Waals surface area contributed by atoms with E-state index in [9.17, 15) is 13.6 Å². The van der Waals surface area contributed by atoms with E-state index < -0.39 is 11.6 Å². The lowest BCUT2D eigenvalue weighted by Crippen LogP contribution is -2.25. The van der Waals surface area contributed by atoms with Gasteiger partial charge in [0.2, 0.25) is 0 Å². The Balaban J connectivity index is 1.71. The third-order valence-corrected chi connectivity index (χ3v) is 3.70. The molecule has 2 heterocycles. The van der Waals surface area contributed by atoms with Gasteiger partial charge in [-0.1, -0.05) is 0 Å². The largest absolute Gasteiger partial charge is 0.362 e. The van der Waals surface area contributed by atoms with Crippen LogP contribution in [0.4, 0.5) is 14.6 Å². The second-order valence-corrected chi connectivity index (χ2v) is 5.84. The normalized spacial score (nSPS) is 10.6. The molecule has 26 heavy (non-hydrogen) atoms. The summed E-state index contributed by atoms with van der Waals surface area (Å²) in [5.41, 5.74) is 1.26. The van der Waals surface area contributed by atoms with Gasteiger partial charge >= 0.3 is 0 Å². The second-order valence-electron chi connectivity index (χ2n) is 5.84. The Labute approximate surface area is 149 Å². The number of carbonyl (C=O) groups is 1. The molecule has 0 aliphatic heterocycles. The topological polar surface area (TPSA) is 63.1 Å². The number of nitrogens with one attached hydrogen (secondary N) is 1. The van der Waals surface area contributed by atoms with Crippen LogP contribution in [-0.2, 0) is 6.54 Å². The minimum atomic E-state index is -0.713. The Bertz CT molecular complexity index is 939. The van der Waals surface area contributed by atoms with Gasteiger partial charge < -0.3 is 10.2 Å². The van der Waals surface area contributed by atoms with Crippen LogP contribution >= 0.6 is 0 Å². The fourth-order valence-corrected chi connectivity index (χ4v) is 2.46. The minimum Gasteiger partial charge on any atom is -0.362 e. The number of hydrogen-bond acceptors (Lipinski definition) is 4. The van der Waals surface area contributed by atoms with E-state index in [1.807, 2.05) is 0 Å². The molecule has 3 rings (SSSR count). The number of aromatic nitrogens is 3. The molecule has 0 saturated heterocycles. The summed E-state index contributed by atoms with van der Waals surface area (Å²) in [6.45, 7) is 0.212. The number of rotatable bonds is 5. The van der Waals surface area contributed by atoms with Crippen molar-refractivity contribution in [3.63, 3.8) is 0 Å². The van der Waals surface area contributed by atoms with Gasteiger partial charge in [0.25, 0.3) is 5.91 Å². The van der Waals surface area contributed by atoms with Gasteiger partial charge in [-0.05, 0) is 24.3 Å². The first-order chi connectivity index (χ1) is 12.5. The van der Waals surface area contributed by atoms with E-state index in [4.69, 9.17) is 0 Å². The molecule has 1 aromatic carbocycles. The highest BCUT2D eigenvalue weighted by Gasteiger charge is 2.14. The van der Waals surface area contributed by atoms with Crippen molar-refractivity contribution < 1.29 is 13.6 Å². The minimum absolute atomic E-state index is 0.131. The molecule has 0 saturated carbocycles. The molecule has 0 radical (unpaired) electrons. The van der Waals surface area contributed by atoms with Crippen LogP contribution in [0.5, 0.6) is 0 Å². The molecule has 134 valence electrons. The van der Waals surface area contributed by atoms with Crippen LogP contribution in [0, 0.1) is 11.6 Å². The number of pyridine rings is 1. The lowest BCUT2D eigenvalue weighted by Gasteiger charge is -2.15. The zero-order valence-corrected chi connectivity index (χ0v) is 14.3. The fourth-order valence-electron chi connectivity index (χ4n) is 2.46. The molecule has 6 nitrogen and oxygen atoms in total. The van der Waals surface area contributed by atoms with Crippen LogP contribution in [0.1, 0.15) is 15.9 Å². The first-order valence-corrected chi connectivity index (χ1v) is 7.85. The number of carbonyl (C=O) groups excluding carboxylic acids is 1. The molecule has 1 N–H and O–H groups in total. The van der Waals surface area contributed by atoms with Gasteiger partial charge in [-0.3, -0.25) is 4.79 Å². The third-order valence-electron chi connectivity index (χ3n) is 3.70. The van der Waals surface area contributed by atoms with Gasteiger partial charge in [-0.25, -0.2) is 18.4 Å². The molecular formula is C18H17F2N5O. The van der Waals surface area contributed by atoms with Gasteiger partial charge in [0.05, 0.1) is 11.8 Å². The summed E-state index contributed by atoms with van der Waals surface area (Å²) >= 11 is 0. The summed E-state index contributed by atoms with van der Waals surface area (Å²) < 4.78 is 28.1. The summed E-state index contributed by atoms with van der Waals surface area (Å²) in [7, 11) is 3.61. The maximum absolute atomic E-state index is 13.8. The number of anilines is 1. The Morgan fingerprint density at radius 1 is 1.27 bits per heavy atom. The van der Waals surface area contributed by atoms with Crippen LogP contribution in [-0.4, -0.2) is 34.8 Å². The van der Waals surface area contributed by atoms with Gasteiger partial charge in [-0.15, -0.1) is 0 Å². The quantitative estimate of drug-likeness (QED) is 0.762. The maximum atomic E-state index is 13.8. The molecular weight excluding hydrogens is 340 g/mol. The Hall–Kier alpha value is -3.29.